The van der Waals surface area contributed by atoms with Gasteiger partial charge in [0, 0.05) is 19.6 Å². The molecule has 0 spiro atoms. The fourth-order valence-electron chi connectivity index (χ4n) is 4.37. The molecule has 2 N–H and O–H groups in total. The van der Waals surface area contributed by atoms with E-state index in [-0.39, 0.29) is 24.0 Å². The third-order valence-corrected chi connectivity index (χ3v) is 6.26. The number of rotatable bonds is 9. The first-order valence-corrected chi connectivity index (χ1v) is 11.4. The lowest BCUT2D eigenvalue weighted by atomic mass is 9.93. The Bertz CT molecular complexity index is 474. The van der Waals surface area contributed by atoms with E-state index in [4.69, 9.17) is 0 Å². The summed E-state index contributed by atoms with van der Waals surface area (Å²) in [4.78, 5) is 8.73. The van der Waals surface area contributed by atoms with Crippen LogP contribution in [0.15, 0.2) is 4.99 Å². The molecule has 5 nitrogen and oxygen atoms in total. The fourth-order valence-corrected chi connectivity index (χ4v) is 4.37. The van der Waals surface area contributed by atoms with Crippen LogP contribution in [0.2, 0.25) is 0 Å². The van der Waals surface area contributed by atoms with E-state index in [1.807, 2.05) is 0 Å². The molecule has 0 unspecified atom stereocenters. The Kier molecular flexibility index (Phi) is 13.6. The van der Waals surface area contributed by atoms with Gasteiger partial charge in [0.25, 0.3) is 0 Å². The topological polar surface area (TPSA) is 42.9 Å². The average Bonchev–Trinajstić information content (AvgIpc) is 2.69. The smallest absolute Gasteiger partial charge is 0.357 e. The highest BCUT2D eigenvalue weighted by molar-refractivity contribution is 14.0. The van der Waals surface area contributed by atoms with Gasteiger partial charge in [-0.25, -0.2) is 0 Å². The number of likely N-dealkylation sites (tertiary alicyclic amines) is 2. The molecule has 0 atom stereocenters. The number of hydrogen-bond acceptors (Lipinski definition) is 3. The van der Waals surface area contributed by atoms with Crippen LogP contribution in [0.1, 0.15) is 52.4 Å². The first-order chi connectivity index (χ1) is 13.9. The van der Waals surface area contributed by atoms with Crippen molar-refractivity contribution in [2.45, 2.75) is 58.5 Å². The van der Waals surface area contributed by atoms with Crippen molar-refractivity contribution in [2.75, 3.05) is 58.9 Å². The predicted octanol–water partition coefficient (Wildman–Crippen LogP) is 3.95. The zero-order chi connectivity index (χ0) is 21.1. The summed E-state index contributed by atoms with van der Waals surface area (Å²) in [5, 5.41) is 6.76. The van der Waals surface area contributed by atoms with Crippen molar-refractivity contribution >= 4 is 29.9 Å². The molecule has 178 valence electrons. The maximum atomic E-state index is 12.5. The second kappa shape index (κ2) is 14.7. The summed E-state index contributed by atoms with van der Waals surface area (Å²) >= 11 is 0. The van der Waals surface area contributed by atoms with Crippen molar-refractivity contribution in [3.05, 3.63) is 0 Å². The average molecular weight is 547 g/mol. The van der Waals surface area contributed by atoms with Crippen molar-refractivity contribution in [1.29, 1.82) is 0 Å². The SMILES string of the molecule is CCNC(=NCCC1CCN(CC(F)(F)F)CC1)NCCC1CCN(CC)CC1.I. The molecular weight excluding hydrogens is 506 g/mol. The molecule has 0 aromatic rings. The second-order valence-corrected chi connectivity index (χ2v) is 8.48. The van der Waals surface area contributed by atoms with E-state index in [1.54, 1.807) is 0 Å². The summed E-state index contributed by atoms with van der Waals surface area (Å²) in [6.07, 6.45) is 2.30. The van der Waals surface area contributed by atoms with Gasteiger partial charge in [-0.3, -0.25) is 9.89 Å². The fraction of sp³-hybridized carbons (Fsp3) is 0.952. The van der Waals surface area contributed by atoms with Crippen molar-refractivity contribution in [3.63, 3.8) is 0 Å². The van der Waals surface area contributed by atoms with E-state index < -0.39 is 12.7 Å². The Morgan fingerprint density at radius 2 is 1.47 bits per heavy atom. The van der Waals surface area contributed by atoms with Gasteiger partial charge in [0.15, 0.2) is 5.96 Å². The summed E-state index contributed by atoms with van der Waals surface area (Å²) in [6.45, 7) is 10.7. The van der Waals surface area contributed by atoms with Crippen molar-refractivity contribution in [2.24, 2.45) is 16.8 Å². The molecular formula is C21H41F3IN5. The normalized spacial score (nSPS) is 20.8. The molecule has 2 heterocycles. The van der Waals surface area contributed by atoms with Gasteiger partial charge in [-0.15, -0.1) is 24.0 Å². The molecule has 2 rings (SSSR count). The third-order valence-electron chi connectivity index (χ3n) is 6.26. The summed E-state index contributed by atoms with van der Waals surface area (Å²) in [7, 11) is 0. The lowest BCUT2D eigenvalue weighted by molar-refractivity contribution is -0.148. The first kappa shape index (κ1) is 27.7. The zero-order valence-electron chi connectivity index (χ0n) is 18.6. The number of halogens is 4. The molecule has 0 aromatic heterocycles. The lowest BCUT2D eigenvalue weighted by Gasteiger charge is -2.32. The van der Waals surface area contributed by atoms with Crippen molar-refractivity contribution in [3.8, 4) is 0 Å². The van der Waals surface area contributed by atoms with E-state index in [9.17, 15) is 13.2 Å². The number of nitrogens with zero attached hydrogens (tertiary/aromatic N) is 3. The van der Waals surface area contributed by atoms with Gasteiger partial charge in [-0.2, -0.15) is 13.2 Å². The molecule has 0 amide bonds. The van der Waals surface area contributed by atoms with Crippen LogP contribution in [0.5, 0.6) is 0 Å². The minimum Gasteiger partial charge on any atom is -0.357 e. The first-order valence-electron chi connectivity index (χ1n) is 11.4. The molecule has 2 aliphatic heterocycles. The predicted molar refractivity (Wildman–Crippen MR) is 129 cm³/mol. The van der Waals surface area contributed by atoms with E-state index in [1.165, 1.54) is 37.3 Å². The second-order valence-electron chi connectivity index (χ2n) is 8.48. The van der Waals surface area contributed by atoms with Gasteiger partial charge in [0.1, 0.15) is 0 Å². The highest BCUT2D eigenvalue weighted by atomic mass is 127. The Morgan fingerprint density at radius 3 is 2.00 bits per heavy atom. The van der Waals surface area contributed by atoms with E-state index in [0.717, 1.165) is 57.3 Å². The number of aliphatic imine (C=N–C) groups is 1. The van der Waals surface area contributed by atoms with Crippen LogP contribution in [0, 0.1) is 11.8 Å². The van der Waals surface area contributed by atoms with Crippen LogP contribution in [-0.4, -0.2) is 80.8 Å². The van der Waals surface area contributed by atoms with Gasteiger partial charge in [0.05, 0.1) is 6.54 Å². The number of hydrogen-bond donors (Lipinski definition) is 2. The minimum atomic E-state index is -4.09. The summed E-state index contributed by atoms with van der Waals surface area (Å²) in [5.41, 5.74) is 0. The molecule has 9 heteroatoms. The Labute approximate surface area is 197 Å². The number of nitrogens with one attached hydrogen (secondary N) is 2. The lowest BCUT2D eigenvalue weighted by Crippen LogP contribution is -2.40. The number of piperidine rings is 2. The standard InChI is InChI=1S/C21H40F3N5.HI/c1-3-25-20(26-11-5-18-7-13-28(4-2)14-8-18)27-12-6-19-9-15-29(16-10-19)17-21(22,23)24;/h18-19H,3-17H2,1-2H3,(H2,25,26,27);1H. The maximum absolute atomic E-state index is 12.5. The Balaban J connectivity index is 0.00000450. The number of guanidine groups is 1. The largest absolute Gasteiger partial charge is 0.401 e. The molecule has 0 bridgehead atoms. The van der Waals surface area contributed by atoms with Crippen LogP contribution >= 0.6 is 24.0 Å². The molecule has 0 aromatic carbocycles. The molecule has 2 fully saturated rings. The van der Waals surface area contributed by atoms with Crippen LogP contribution < -0.4 is 10.6 Å². The van der Waals surface area contributed by atoms with Gasteiger partial charge >= 0.3 is 6.18 Å². The van der Waals surface area contributed by atoms with Gasteiger partial charge in [-0.1, -0.05) is 6.92 Å². The quantitative estimate of drug-likeness (QED) is 0.261. The molecule has 0 aliphatic carbocycles. The van der Waals surface area contributed by atoms with E-state index in [2.05, 4.69) is 34.4 Å². The minimum absolute atomic E-state index is 0. The van der Waals surface area contributed by atoms with Gasteiger partial charge in [-0.05, 0) is 90.0 Å². The van der Waals surface area contributed by atoms with Gasteiger partial charge in [0.2, 0.25) is 0 Å². The highest BCUT2D eigenvalue weighted by Crippen LogP contribution is 2.24. The maximum Gasteiger partial charge on any atom is 0.401 e. The summed E-state index contributed by atoms with van der Waals surface area (Å²) in [5.74, 6) is 2.15. The third kappa shape index (κ3) is 11.4. The molecule has 0 saturated carbocycles. The van der Waals surface area contributed by atoms with Crippen molar-refractivity contribution < 1.29 is 13.2 Å². The van der Waals surface area contributed by atoms with E-state index >= 15 is 0 Å². The van der Waals surface area contributed by atoms with Crippen LogP contribution in [0.4, 0.5) is 13.2 Å². The highest BCUT2D eigenvalue weighted by Gasteiger charge is 2.32. The Morgan fingerprint density at radius 1 is 0.900 bits per heavy atom. The summed E-state index contributed by atoms with van der Waals surface area (Å²) < 4.78 is 37.4. The van der Waals surface area contributed by atoms with Gasteiger partial charge < -0.3 is 15.5 Å². The summed E-state index contributed by atoms with van der Waals surface area (Å²) in [6, 6.07) is 0. The zero-order valence-corrected chi connectivity index (χ0v) is 21.0. The molecule has 2 aliphatic rings. The van der Waals surface area contributed by atoms with Crippen LogP contribution in [0.3, 0.4) is 0 Å². The Hall–Kier alpha value is -0.290. The van der Waals surface area contributed by atoms with Crippen molar-refractivity contribution in [1.82, 2.24) is 20.4 Å². The van der Waals surface area contributed by atoms with Crippen LogP contribution in [0.25, 0.3) is 0 Å². The van der Waals surface area contributed by atoms with Crippen LogP contribution in [-0.2, 0) is 0 Å². The molecule has 2 saturated heterocycles. The molecule has 0 radical (unpaired) electrons. The number of alkyl halides is 3. The molecule has 30 heavy (non-hydrogen) atoms. The monoisotopic (exact) mass is 547 g/mol. The van der Waals surface area contributed by atoms with E-state index in [0.29, 0.717) is 19.0 Å².